The molecule has 1 aromatic rings. The molecule has 1 amide bonds. The molecule has 0 aliphatic rings. The minimum Gasteiger partial charge on any atom is -0.383 e. The van der Waals surface area contributed by atoms with Gasteiger partial charge in [0.1, 0.15) is 11.6 Å². The van der Waals surface area contributed by atoms with Crippen molar-refractivity contribution >= 4 is 23.2 Å². The Hall–Kier alpha value is -2.03. The molecule has 21 heavy (non-hydrogen) atoms. The van der Waals surface area contributed by atoms with Crippen LogP contribution < -0.4 is 10.6 Å². The number of nitrogens with zero attached hydrogens (tertiary/aromatic N) is 1. The maximum Gasteiger partial charge on any atom is 0.263 e. The summed E-state index contributed by atoms with van der Waals surface area (Å²) in [4.78, 5) is 11.8. The minimum absolute atomic E-state index is 0.0258. The molecule has 0 radical (unpaired) electrons. The monoisotopic (exact) mass is 307 g/mol. The van der Waals surface area contributed by atoms with E-state index >= 15 is 0 Å². The summed E-state index contributed by atoms with van der Waals surface area (Å²) in [6, 6.07) is 5.63. The van der Waals surface area contributed by atoms with Crippen LogP contribution in [0.1, 0.15) is 11.1 Å². The van der Waals surface area contributed by atoms with E-state index in [1.54, 1.807) is 0 Å². The highest BCUT2D eigenvalue weighted by atomic mass is 35.5. The van der Waals surface area contributed by atoms with Gasteiger partial charge in [0, 0.05) is 19.9 Å². The van der Waals surface area contributed by atoms with Gasteiger partial charge in [-0.15, -0.1) is 0 Å². The van der Waals surface area contributed by atoms with Crippen molar-refractivity contribution in [3.05, 3.63) is 40.1 Å². The number of benzene rings is 1. The zero-order valence-electron chi connectivity index (χ0n) is 12.3. The summed E-state index contributed by atoms with van der Waals surface area (Å²) in [5.41, 5.74) is 2.64. The van der Waals surface area contributed by atoms with E-state index in [0.29, 0.717) is 23.9 Å². The lowest BCUT2D eigenvalue weighted by Crippen LogP contribution is -2.28. The number of aryl methyl sites for hydroxylation is 2. The van der Waals surface area contributed by atoms with Crippen LogP contribution in [0.4, 0.5) is 5.69 Å². The predicted octanol–water partition coefficient (Wildman–Crippen LogP) is 2.54. The molecule has 0 spiro atoms. The van der Waals surface area contributed by atoms with Crippen LogP contribution in [0.5, 0.6) is 0 Å². The topological polar surface area (TPSA) is 74.1 Å². The highest BCUT2D eigenvalue weighted by molar-refractivity contribution is 6.33. The lowest BCUT2D eigenvalue weighted by molar-refractivity contribution is -0.117. The number of anilines is 1. The smallest absolute Gasteiger partial charge is 0.263 e. The molecular weight excluding hydrogens is 290 g/mol. The molecule has 0 aliphatic carbocycles. The molecule has 6 heteroatoms. The third kappa shape index (κ3) is 5.10. The van der Waals surface area contributed by atoms with Crippen LogP contribution >= 0.6 is 11.6 Å². The van der Waals surface area contributed by atoms with Crippen LogP contribution in [0.3, 0.4) is 0 Å². The highest BCUT2D eigenvalue weighted by Gasteiger charge is 2.09. The number of nitrogens with one attached hydrogen (secondary N) is 2. The van der Waals surface area contributed by atoms with Gasteiger partial charge in [-0.3, -0.25) is 4.79 Å². The molecular formula is C15H18ClN3O2. The Morgan fingerprint density at radius 1 is 1.48 bits per heavy atom. The van der Waals surface area contributed by atoms with Crippen LogP contribution in [0.2, 0.25) is 5.02 Å². The van der Waals surface area contributed by atoms with Crippen molar-refractivity contribution in [3.63, 3.8) is 0 Å². The third-order valence-electron chi connectivity index (χ3n) is 2.75. The molecule has 1 aromatic carbocycles. The molecule has 2 N–H and O–H groups in total. The fraction of sp³-hybridized carbons (Fsp3) is 0.333. The van der Waals surface area contributed by atoms with Gasteiger partial charge in [-0.1, -0.05) is 17.7 Å². The first-order valence-corrected chi connectivity index (χ1v) is 6.78. The van der Waals surface area contributed by atoms with Crippen molar-refractivity contribution in [3.8, 4) is 6.07 Å². The Balaban J connectivity index is 2.82. The largest absolute Gasteiger partial charge is 0.383 e. The van der Waals surface area contributed by atoms with Crippen molar-refractivity contribution < 1.29 is 9.53 Å². The van der Waals surface area contributed by atoms with Crippen molar-refractivity contribution in [2.45, 2.75) is 13.8 Å². The van der Waals surface area contributed by atoms with Gasteiger partial charge in [0.2, 0.25) is 0 Å². The number of hydrogen-bond acceptors (Lipinski definition) is 4. The number of hydrogen-bond donors (Lipinski definition) is 2. The van der Waals surface area contributed by atoms with Gasteiger partial charge < -0.3 is 15.4 Å². The van der Waals surface area contributed by atoms with Crippen LogP contribution in [-0.2, 0) is 9.53 Å². The second-order valence-electron chi connectivity index (χ2n) is 4.50. The maximum absolute atomic E-state index is 11.8. The summed E-state index contributed by atoms with van der Waals surface area (Å²) in [6.07, 6.45) is 1.35. The number of ether oxygens (including phenoxy) is 1. The molecule has 0 bridgehead atoms. The number of carbonyl (C=O) groups is 1. The molecule has 0 unspecified atom stereocenters. The lowest BCUT2D eigenvalue weighted by Gasteiger charge is -2.10. The van der Waals surface area contributed by atoms with Gasteiger partial charge in [0.05, 0.1) is 17.3 Å². The normalized spacial score (nSPS) is 10.9. The molecule has 5 nitrogen and oxygen atoms in total. The molecule has 0 saturated carbocycles. The number of rotatable bonds is 6. The zero-order chi connectivity index (χ0) is 15.8. The molecule has 0 aromatic heterocycles. The lowest BCUT2D eigenvalue weighted by atomic mass is 10.1. The Morgan fingerprint density at radius 2 is 2.19 bits per heavy atom. The molecule has 0 saturated heterocycles. The summed E-state index contributed by atoms with van der Waals surface area (Å²) in [6.45, 7) is 4.58. The van der Waals surface area contributed by atoms with Crippen molar-refractivity contribution in [1.29, 1.82) is 5.26 Å². The van der Waals surface area contributed by atoms with Crippen molar-refractivity contribution in [2.75, 3.05) is 25.6 Å². The van der Waals surface area contributed by atoms with Crippen LogP contribution in [0, 0.1) is 25.2 Å². The zero-order valence-corrected chi connectivity index (χ0v) is 13.0. The van der Waals surface area contributed by atoms with Gasteiger partial charge in [0.15, 0.2) is 0 Å². The number of carbonyl (C=O) groups excluding carboxylic acids is 1. The van der Waals surface area contributed by atoms with Crippen LogP contribution in [0.25, 0.3) is 0 Å². The van der Waals surface area contributed by atoms with Gasteiger partial charge >= 0.3 is 0 Å². The first-order chi connectivity index (χ1) is 9.99. The number of nitriles is 1. The highest BCUT2D eigenvalue weighted by Crippen LogP contribution is 2.27. The van der Waals surface area contributed by atoms with Crippen LogP contribution in [-0.4, -0.2) is 26.2 Å². The van der Waals surface area contributed by atoms with Gasteiger partial charge in [0.25, 0.3) is 5.91 Å². The number of methoxy groups -OCH3 is 1. The Bertz CT molecular complexity index is 568. The van der Waals surface area contributed by atoms with E-state index in [9.17, 15) is 4.79 Å². The molecule has 0 heterocycles. The summed E-state index contributed by atoms with van der Waals surface area (Å²) in [5, 5.41) is 15.1. The fourth-order valence-corrected chi connectivity index (χ4v) is 2.13. The number of halogens is 1. The van der Waals surface area contributed by atoms with Crippen molar-refractivity contribution in [2.24, 2.45) is 0 Å². The van der Waals surface area contributed by atoms with E-state index in [2.05, 4.69) is 10.6 Å². The Kier molecular flexibility index (Phi) is 6.73. The average molecular weight is 308 g/mol. The summed E-state index contributed by atoms with van der Waals surface area (Å²) < 4.78 is 4.83. The van der Waals surface area contributed by atoms with E-state index in [0.717, 1.165) is 11.1 Å². The van der Waals surface area contributed by atoms with E-state index < -0.39 is 5.91 Å². The predicted molar refractivity (Wildman–Crippen MR) is 83.1 cm³/mol. The third-order valence-corrected chi connectivity index (χ3v) is 3.05. The minimum atomic E-state index is -0.456. The second-order valence-corrected chi connectivity index (χ2v) is 4.91. The molecule has 1 rings (SSSR count). The van der Waals surface area contributed by atoms with Crippen molar-refractivity contribution in [1.82, 2.24) is 5.32 Å². The average Bonchev–Trinajstić information content (AvgIpc) is 2.42. The quantitative estimate of drug-likeness (QED) is 0.481. The SMILES string of the molecule is COCCNC(=O)/C(C#N)=C\Nc1c(C)cc(C)cc1Cl. The van der Waals surface area contributed by atoms with Gasteiger partial charge in [-0.25, -0.2) is 0 Å². The van der Waals surface area contributed by atoms with Crippen LogP contribution in [0.15, 0.2) is 23.9 Å². The number of amides is 1. The Morgan fingerprint density at radius 3 is 2.76 bits per heavy atom. The molecule has 0 aliphatic heterocycles. The van der Waals surface area contributed by atoms with E-state index in [1.165, 1.54) is 13.3 Å². The molecule has 112 valence electrons. The standard InChI is InChI=1S/C15H18ClN3O2/c1-10-6-11(2)14(13(16)7-10)19-9-12(8-17)15(20)18-4-5-21-3/h6-7,9,19H,4-5H2,1-3H3,(H,18,20)/b12-9-. The first-order valence-electron chi connectivity index (χ1n) is 6.40. The van der Waals surface area contributed by atoms with Gasteiger partial charge in [-0.05, 0) is 31.0 Å². The summed E-state index contributed by atoms with van der Waals surface area (Å²) in [5.74, 6) is -0.456. The second kappa shape index (κ2) is 8.30. The fourth-order valence-electron chi connectivity index (χ4n) is 1.75. The maximum atomic E-state index is 11.8. The summed E-state index contributed by atoms with van der Waals surface area (Å²) >= 11 is 6.15. The first kappa shape index (κ1) is 17.0. The van der Waals surface area contributed by atoms with E-state index in [-0.39, 0.29) is 5.57 Å². The molecule has 0 fully saturated rings. The van der Waals surface area contributed by atoms with E-state index in [4.69, 9.17) is 21.6 Å². The van der Waals surface area contributed by atoms with Gasteiger partial charge in [-0.2, -0.15) is 5.26 Å². The Labute approximate surface area is 129 Å². The molecule has 0 atom stereocenters. The van der Waals surface area contributed by atoms with E-state index in [1.807, 2.05) is 32.0 Å². The summed E-state index contributed by atoms with van der Waals surface area (Å²) in [7, 11) is 1.54.